The van der Waals surface area contributed by atoms with Crippen LogP contribution in [-0.4, -0.2) is 6.54 Å². The lowest BCUT2D eigenvalue weighted by Gasteiger charge is -2.28. The number of allylic oxidation sites excluding steroid dienone is 7. The van der Waals surface area contributed by atoms with E-state index in [4.69, 9.17) is 0 Å². The molecule has 1 aliphatic heterocycles. The summed E-state index contributed by atoms with van der Waals surface area (Å²) in [6.07, 6.45) is 11.2. The first-order valence-corrected chi connectivity index (χ1v) is 13.9. The highest BCUT2D eigenvalue weighted by molar-refractivity contribution is 5.70. The molecule has 1 nitrogen and oxygen atoms in total. The first kappa shape index (κ1) is 27.5. The average molecular weight is 502 g/mol. The van der Waals surface area contributed by atoms with E-state index in [2.05, 4.69) is 156 Å². The molecule has 0 radical (unpaired) electrons. The van der Waals surface area contributed by atoms with Gasteiger partial charge in [0.1, 0.15) is 0 Å². The molecule has 0 bridgehead atoms. The molecule has 38 heavy (non-hydrogen) atoms. The average Bonchev–Trinajstić information content (AvgIpc) is 3.12. The Labute approximate surface area is 230 Å². The highest BCUT2D eigenvalue weighted by Gasteiger charge is 2.39. The molecule has 0 saturated heterocycles. The molecule has 0 fully saturated rings. The second-order valence-corrected chi connectivity index (χ2v) is 11.6. The van der Waals surface area contributed by atoms with Crippen molar-refractivity contribution < 1.29 is 0 Å². The topological polar surface area (TPSA) is 3.24 Å². The van der Waals surface area contributed by atoms with Gasteiger partial charge in [-0.25, -0.2) is 0 Å². The van der Waals surface area contributed by atoms with Crippen LogP contribution in [0.3, 0.4) is 0 Å². The Morgan fingerprint density at radius 3 is 2.29 bits per heavy atom. The molecule has 4 rings (SSSR count). The van der Waals surface area contributed by atoms with E-state index >= 15 is 0 Å². The van der Waals surface area contributed by atoms with Gasteiger partial charge in [0.15, 0.2) is 0 Å². The summed E-state index contributed by atoms with van der Waals surface area (Å²) < 4.78 is 0. The third-order valence-electron chi connectivity index (χ3n) is 8.16. The van der Waals surface area contributed by atoms with E-state index in [1.165, 1.54) is 39.2 Å². The summed E-state index contributed by atoms with van der Waals surface area (Å²) in [5.74, 6) is 0. The zero-order valence-corrected chi connectivity index (χ0v) is 24.1. The van der Waals surface area contributed by atoms with Gasteiger partial charge in [0.2, 0.25) is 0 Å². The predicted molar refractivity (Wildman–Crippen MR) is 166 cm³/mol. The normalized spacial score (nSPS) is 16.3. The number of nitrogens with zero attached hydrogens (tertiary/aromatic N) is 1. The Kier molecular flexibility index (Phi) is 8.26. The third kappa shape index (κ3) is 5.78. The molecule has 0 aromatic heterocycles. The Balaban J connectivity index is 1.54. The van der Waals surface area contributed by atoms with E-state index < -0.39 is 0 Å². The molecule has 196 valence electrons. The molecule has 0 saturated carbocycles. The first-order valence-electron chi connectivity index (χ1n) is 13.9. The molecule has 0 N–H and O–H groups in total. The van der Waals surface area contributed by atoms with Crippen molar-refractivity contribution >= 4 is 5.69 Å². The number of anilines is 1. The summed E-state index contributed by atoms with van der Waals surface area (Å²) >= 11 is 0. The summed E-state index contributed by atoms with van der Waals surface area (Å²) in [6, 6.07) is 28.3. The predicted octanol–water partition coefficient (Wildman–Crippen LogP) is 9.65. The van der Waals surface area contributed by atoms with Gasteiger partial charge in [-0.3, -0.25) is 0 Å². The van der Waals surface area contributed by atoms with Gasteiger partial charge in [-0.05, 0) is 66.7 Å². The number of hydrogen-bond acceptors (Lipinski definition) is 1. The van der Waals surface area contributed by atoms with E-state index in [1.54, 1.807) is 0 Å². The molecule has 0 aliphatic carbocycles. The maximum absolute atomic E-state index is 4.44. The minimum Gasteiger partial charge on any atom is -0.344 e. The smallest absolute Gasteiger partial charge is 0.0450 e. The molecule has 1 heterocycles. The molecule has 0 spiro atoms. The van der Waals surface area contributed by atoms with Crippen LogP contribution in [0, 0.1) is 6.92 Å². The SMILES string of the molecule is C=C(/C=C/C(C)=C/C=C1/N(CCCc2ccccc2)c2ccccc2C1(C)C)C(C)(C)c1ccccc1C. The quantitative estimate of drug-likeness (QED) is 0.264. The zero-order chi connectivity index (χ0) is 27.3. The number of rotatable bonds is 9. The standard InChI is InChI=1S/C37H43N/c1-28(23-25-30(3)36(4,5)32-20-12-11-16-29(32)2)24-26-35-37(6,7)33-21-13-14-22-34(33)38(35)27-15-19-31-17-9-8-10-18-31/h8-14,16-18,20-26H,3,15,19,27H2,1-2,4-7H3/b25-23+,28-24+,35-26+. The fourth-order valence-corrected chi connectivity index (χ4v) is 5.62. The molecule has 3 aromatic carbocycles. The van der Waals surface area contributed by atoms with Gasteiger partial charge in [-0.1, -0.05) is 131 Å². The second kappa shape index (κ2) is 11.4. The lowest BCUT2D eigenvalue weighted by molar-refractivity contribution is 0.625. The van der Waals surface area contributed by atoms with E-state index in [-0.39, 0.29) is 10.8 Å². The summed E-state index contributed by atoms with van der Waals surface area (Å²) in [6.45, 7) is 19.0. The fraction of sp³-hybridized carbons (Fsp3) is 0.297. The van der Waals surface area contributed by atoms with Gasteiger partial charge >= 0.3 is 0 Å². The lowest BCUT2D eigenvalue weighted by Crippen LogP contribution is -2.27. The second-order valence-electron chi connectivity index (χ2n) is 11.6. The van der Waals surface area contributed by atoms with E-state index in [0.717, 1.165) is 25.0 Å². The molecule has 3 aromatic rings. The largest absolute Gasteiger partial charge is 0.344 e. The molecule has 0 atom stereocenters. The van der Waals surface area contributed by atoms with E-state index in [0.29, 0.717) is 0 Å². The number of benzene rings is 3. The van der Waals surface area contributed by atoms with Crippen molar-refractivity contribution in [2.75, 3.05) is 11.4 Å². The van der Waals surface area contributed by atoms with Crippen LogP contribution >= 0.6 is 0 Å². The van der Waals surface area contributed by atoms with Crippen LogP contribution in [0.2, 0.25) is 0 Å². The zero-order valence-electron chi connectivity index (χ0n) is 24.1. The van der Waals surface area contributed by atoms with E-state index in [9.17, 15) is 0 Å². The van der Waals surface area contributed by atoms with Crippen LogP contribution in [0.4, 0.5) is 5.69 Å². The maximum atomic E-state index is 4.44. The Morgan fingerprint density at radius 1 is 0.895 bits per heavy atom. The number of para-hydroxylation sites is 1. The minimum absolute atomic E-state index is 0.0414. The van der Waals surface area contributed by atoms with Crippen LogP contribution in [0.25, 0.3) is 0 Å². The lowest BCUT2D eigenvalue weighted by atomic mass is 9.76. The third-order valence-corrected chi connectivity index (χ3v) is 8.16. The van der Waals surface area contributed by atoms with Crippen LogP contribution in [0.5, 0.6) is 0 Å². The molecular formula is C37H43N. The van der Waals surface area contributed by atoms with Gasteiger partial charge < -0.3 is 4.90 Å². The summed E-state index contributed by atoms with van der Waals surface area (Å²) in [5.41, 5.74) is 10.3. The summed E-state index contributed by atoms with van der Waals surface area (Å²) in [4.78, 5) is 2.53. The molecular weight excluding hydrogens is 458 g/mol. The van der Waals surface area contributed by atoms with Gasteiger partial charge in [-0.2, -0.15) is 0 Å². The van der Waals surface area contributed by atoms with Gasteiger partial charge in [0.05, 0.1) is 0 Å². The van der Waals surface area contributed by atoms with Crippen molar-refractivity contribution in [1.29, 1.82) is 0 Å². The summed E-state index contributed by atoms with van der Waals surface area (Å²) in [7, 11) is 0. The van der Waals surface area contributed by atoms with Crippen molar-refractivity contribution in [1.82, 2.24) is 0 Å². The highest BCUT2D eigenvalue weighted by Crippen LogP contribution is 2.47. The minimum atomic E-state index is -0.120. The molecule has 0 unspecified atom stereocenters. The van der Waals surface area contributed by atoms with Crippen molar-refractivity contribution in [3.8, 4) is 0 Å². The molecule has 0 amide bonds. The molecule has 1 heteroatoms. The van der Waals surface area contributed by atoms with Gasteiger partial charge in [0, 0.05) is 28.8 Å². The molecule has 1 aliphatic rings. The Morgan fingerprint density at radius 2 is 1.55 bits per heavy atom. The van der Waals surface area contributed by atoms with Crippen molar-refractivity contribution in [2.45, 2.75) is 65.2 Å². The van der Waals surface area contributed by atoms with Crippen LogP contribution in [-0.2, 0) is 17.3 Å². The van der Waals surface area contributed by atoms with Gasteiger partial charge in [-0.15, -0.1) is 0 Å². The van der Waals surface area contributed by atoms with Gasteiger partial charge in [0.25, 0.3) is 0 Å². The monoisotopic (exact) mass is 501 g/mol. The van der Waals surface area contributed by atoms with Crippen molar-refractivity contribution in [3.05, 3.63) is 149 Å². The maximum Gasteiger partial charge on any atom is 0.0450 e. The fourth-order valence-electron chi connectivity index (χ4n) is 5.62. The number of hydrogen-bond donors (Lipinski definition) is 0. The highest BCUT2D eigenvalue weighted by atomic mass is 15.2. The van der Waals surface area contributed by atoms with Crippen LogP contribution in [0.15, 0.2) is 127 Å². The number of aryl methyl sites for hydroxylation is 2. The first-order chi connectivity index (χ1) is 18.1. The van der Waals surface area contributed by atoms with Crippen molar-refractivity contribution in [2.24, 2.45) is 0 Å². The Hall–Kier alpha value is -3.58. The van der Waals surface area contributed by atoms with Crippen molar-refractivity contribution in [3.63, 3.8) is 0 Å². The van der Waals surface area contributed by atoms with E-state index in [1.807, 2.05) is 0 Å². The van der Waals surface area contributed by atoms with Crippen LogP contribution in [0.1, 0.15) is 63.3 Å². The summed E-state index contributed by atoms with van der Waals surface area (Å²) in [5, 5.41) is 0. The van der Waals surface area contributed by atoms with Crippen LogP contribution < -0.4 is 4.90 Å². The number of fused-ring (bicyclic) bond motifs is 1. The Bertz CT molecular complexity index is 1360.